The minimum atomic E-state index is -0.336. The van der Waals surface area contributed by atoms with E-state index >= 15 is 0 Å². The fourth-order valence-electron chi connectivity index (χ4n) is 1.61. The first-order valence-corrected chi connectivity index (χ1v) is 5.68. The highest BCUT2D eigenvalue weighted by molar-refractivity contribution is 5.86. The molecule has 2 rings (SSSR count). The first kappa shape index (κ1) is 13.0. The first-order chi connectivity index (χ1) is 9.22. The van der Waals surface area contributed by atoms with E-state index in [0.717, 1.165) is 5.56 Å². The monoisotopic (exact) mass is 257 g/mol. The van der Waals surface area contributed by atoms with Gasteiger partial charge in [0.1, 0.15) is 17.3 Å². The van der Waals surface area contributed by atoms with Crippen LogP contribution in [-0.4, -0.2) is 19.5 Å². The van der Waals surface area contributed by atoms with E-state index in [4.69, 9.17) is 4.74 Å². The van der Waals surface area contributed by atoms with Crippen molar-refractivity contribution < 1.29 is 13.9 Å². The summed E-state index contributed by atoms with van der Waals surface area (Å²) in [5.41, 5.74) is 1.23. The average molecular weight is 257 g/mol. The molecule has 0 unspecified atom stereocenters. The molecular weight excluding hydrogens is 245 g/mol. The molecule has 0 N–H and O–H groups in total. The summed E-state index contributed by atoms with van der Waals surface area (Å²) in [4.78, 5) is 14.9. The molecule has 0 saturated carbocycles. The van der Waals surface area contributed by atoms with Crippen molar-refractivity contribution in [3.63, 3.8) is 0 Å². The summed E-state index contributed by atoms with van der Waals surface area (Å²) < 4.78 is 18.3. The summed E-state index contributed by atoms with van der Waals surface area (Å²) in [6.45, 7) is 0. The van der Waals surface area contributed by atoms with Crippen LogP contribution >= 0.6 is 0 Å². The van der Waals surface area contributed by atoms with Crippen LogP contribution in [0.15, 0.2) is 47.5 Å². The van der Waals surface area contributed by atoms with Crippen LogP contribution in [0.3, 0.4) is 0 Å². The predicted molar refractivity (Wildman–Crippen MR) is 71.8 cm³/mol. The molecule has 2 aromatic rings. The van der Waals surface area contributed by atoms with Crippen LogP contribution in [-0.2, 0) is 0 Å². The Labute approximate surface area is 110 Å². The maximum absolute atomic E-state index is 12.8. The Morgan fingerprint density at radius 3 is 2.53 bits per heavy atom. The maximum Gasteiger partial charge on any atom is 0.153 e. The van der Waals surface area contributed by atoms with Crippen LogP contribution in [0.4, 0.5) is 4.39 Å². The van der Waals surface area contributed by atoms with Gasteiger partial charge in [-0.3, -0.25) is 9.79 Å². The molecule has 0 spiro atoms. The SMILES string of the molecule is CN=Cc1ccc(Oc2ccc(F)cc2)c(C=O)c1. The van der Waals surface area contributed by atoms with Gasteiger partial charge in [0.05, 0.1) is 5.56 Å². The summed E-state index contributed by atoms with van der Waals surface area (Å²) >= 11 is 0. The molecule has 0 heterocycles. The second kappa shape index (κ2) is 5.91. The van der Waals surface area contributed by atoms with Crippen LogP contribution in [0.25, 0.3) is 0 Å². The predicted octanol–water partition coefficient (Wildman–Crippen LogP) is 3.48. The molecule has 0 saturated heterocycles. The van der Waals surface area contributed by atoms with E-state index < -0.39 is 0 Å². The molecular formula is C15H12FNO2. The van der Waals surface area contributed by atoms with E-state index in [1.54, 1.807) is 31.5 Å². The molecule has 2 aromatic carbocycles. The van der Waals surface area contributed by atoms with Crippen LogP contribution in [0.1, 0.15) is 15.9 Å². The van der Waals surface area contributed by atoms with Gasteiger partial charge < -0.3 is 4.74 Å². The number of carbonyl (C=O) groups excluding carboxylic acids is 1. The summed E-state index contributed by atoms with van der Waals surface area (Å²) in [5.74, 6) is 0.564. The lowest BCUT2D eigenvalue weighted by molar-refractivity contribution is 0.112. The van der Waals surface area contributed by atoms with Gasteiger partial charge in [-0.05, 0) is 48.0 Å². The minimum Gasteiger partial charge on any atom is -0.457 e. The smallest absolute Gasteiger partial charge is 0.153 e. The molecule has 19 heavy (non-hydrogen) atoms. The number of ether oxygens (including phenoxy) is 1. The highest BCUT2D eigenvalue weighted by Crippen LogP contribution is 2.25. The summed E-state index contributed by atoms with van der Waals surface area (Å²) in [7, 11) is 1.66. The van der Waals surface area contributed by atoms with Gasteiger partial charge in [-0.2, -0.15) is 0 Å². The number of aldehydes is 1. The van der Waals surface area contributed by atoms with Gasteiger partial charge >= 0.3 is 0 Å². The number of aliphatic imine (C=N–C) groups is 1. The Kier molecular flexibility index (Phi) is 4.03. The number of hydrogen-bond donors (Lipinski definition) is 0. The molecule has 0 aliphatic rings. The van der Waals surface area contributed by atoms with E-state index in [1.165, 1.54) is 24.3 Å². The molecule has 3 nitrogen and oxygen atoms in total. The number of rotatable bonds is 4. The van der Waals surface area contributed by atoms with Crippen molar-refractivity contribution in [2.75, 3.05) is 7.05 Å². The number of nitrogens with zero attached hydrogens (tertiary/aromatic N) is 1. The Balaban J connectivity index is 2.29. The summed E-state index contributed by atoms with van der Waals surface area (Å²) in [6, 6.07) is 10.8. The quantitative estimate of drug-likeness (QED) is 0.621. The number of carbonyl (C=O) groups is 1. The van der Waals surface area contributed by atoms with Crippen molar-refractivity contribution in [1.82, 2.24) is 0 Å². The van der Waals surface area contributed by atoms with Gasteiger partial charge in [0.2, 0.25) is 0 Å². The zero-order chi connectivity index (χ0) is 13.7. The van der Waals surface area contributed by atoms with Crippen molar-refractivity contribution in [2.45, 2.75) is 0 Å². The highest BCUT2D eigenvalue weighted by atomic mass is 19.1. The van der Waals surface area contributed by atoms with Gasteiger partial charge in [0.15, 0.2) is 6.29 Å². The standard InChI is InChI=1S/C15H12FNO2/c1-17-9-11-2-7-15(12(8-11)10-18)19-14-5-3-13(16)4-6-14/h2-10H,1H3. The van der Waals surface area contributed by atoms with Crippen LogP contribution in [0, 0.1) is 5.82 Å². The fraction of sp³-hybridized carbons (Fsp3) is 0.0667. The Morgan fingerprint density at radius 2 is 1.89 bits per heavy atom. The van der Waals surface area contributed by atoms with E-state index in [1.807, 2.05) is 0 Å². The largest absolute Gasteiger partial charge is 0.457 e. The molecule has 4 heteroatoms. The third kappa shape index (κ3) is 3.25. The third-order valence-electron chi connectivity index (χ3n) is 2.48. The van der Waals surface area contributed by atoms with Crippen molar-refractivity contribution in [3.8, 4) is 11.5 Å². The normalized spacial score (nSPS) is 10.6. The second-order valence-corrected chi connectivity index (χ2v) is 3.86. The number of benzene rings is 2. The molecule has 0 aromatic heterocycles. The van der Waals surface area contributed by atoms with Crippen molar-refractivity contribution >= 4 is 12.5 Å². The van der Waals surface area contributed by atoms with Crippen molar-refractivity contribution in [1.29, 1.82) is 0 Å². The number of hydrogen-bond acceptors (Lipinski definition) is 3. The lowest BCUT2D eigenvalue weighted by atomic mass is 10.1. The molecule has 0 bridgehead atoms. The van der Waals surface area contributed by atoms with E-state index in [9.17, 15) is 9.18 Å². The molecule has 96 valence electrons. The van der Waals surface area contributed by atoms with Gasteiger partial charge in [-0.15, -0.1) is 0 Å². The molecule has 0 amide bonds. The lowest BCUT2D eigenvalue weighted by Crippen LogP contribution is -1.93. The van der Waals surface area contributed by atoms with Crippen LogP contribution in [0.2, 0.25) is 0 Å². The van der Waals surface area contributed by atoms with Crippen LogP contribution < -0.4 is 4.74 Å². The third-order valence-corrected chi connectivity index (χ3v) is 2.48. The lowest BCUT2D eigenvalue weighted by Gasteiger charge is -2.08. The highest BCUT2D eigenvalue weighted by Gasteiger charge is 2.05. The van der Waals surface area contributed by atoms with E-state index in [0.29, 0.717) is 23.3 Å². The topological polar surface area (TPSA) is 38.7 Å². The Hall–Kier alpha value is -2.49. The molecule has 0 atom stereocenters. The number of halogens is 1. The van der Waals surface area contributed by atoms with Crippen molar-refractivity contribution in [3.05, 3.63) is 59.4 Å². The van der Waals surface area contributed by atoms with Crippen LogP contribution in [0.5, 0.6) is 11.5 Å². The Morgan fingerprint density at radius 1 is 1.16 bits per heavy atom. The molecule has 0 radical (unpaired) electrons. The first-order valence-electron chi connectivity index (χ1n) is 5.68. The summed E-state index contributed by atoms with van der Waals surface area (Å²) in [5, 5.41) is 0. The molecule has 0 aliphatic carbocycles. The maximum atomic E-state index is 12.8. The van der Waals surface area contributed by atoms with Gasteiger partial charge in [0.25, 0.3) is 0 Å². The van der Waals surface area contributed by atoms with Gasteiger partial charge in [0, 0.05) is 13.3 Å². The van der Waals surface area contributed by atoms with E-state index in [-0.39, 0.29) is 5.82 Å². The zero-order valence-electron chi connectivity index (χ0n) is 10.3. The average Bonchev–Trinajstić information content (AvgIpc) is 2.43. The van der Waals surface area contributed by atoms with Gasteiger partial charge in [-0.1, -0.05) is 0 Å². The van der Waals surface area contributed by atoms with Crippen molar-refractivity contribution in [2.24, 2.45) is 4.99 Å². The summed E-state index contributed by atoms with van der Waals surface area (Å²) in [6.07, 6.45) is 2.36. The zero-order valence-corrected chi connectivity index (χ0v) is 10.3. The Bertz CT molecular complexity index is 606. The van der Waals surface area contributed by atoms with Gasteiger partial charge in [-0.25, -0.2) is 4.39 Å². The van der Waals surface area contributed by atoms with E-state index in [2.05, 4.69) is 4.99 Å². The fourth-order valence-corrected chi connectivity index (χ4v) is 1.61. The molecule has 0 aliphatic heterocycles. The molecule has 0 fully saturated rings. The second-order valence-electron chi connectivity index (χ2n) is 3.86. The minimum absolute atomic E-state index is 0.336.